The lowest BCUT2D eigenvalue weighted by molar-refractivity contribution is 0.0943. The van der Waals surface area contributed by atoms with Crippen LogP contribution in [0.5, 0.6) is 0 Å². The second-order valence-corrected chi connectivity index (χ2v) is 5.23. The number of nitrogens with zero attached hydrogens (tertiary/aromatic N) is 2. The van der Waals surface area contributed by atoms with Gasteiger partial charge in [-0.25, -0.2) is 0 Å². The fraction of sp³-hybridized carbons (Fsp3) is 0.667. The van der Waals surface area contributed by atoms with E-state index in [-0.39, 0.29) is 5.54 Å². The van der Waals surface area contributed by atoms with Gasteiger partial charge in [0, 0.05) is 24.0 Å². The lowest BCUT2D eigenvalue weighted by Crippen LogP contribution is -2.57. The van der Waals surface area contributed by atoms with Gasteiger partial charge in [-0.3, -0.25) is 9.88 Å². The Morgan fingerprint density at radius 3 is 2.22 bits per heavy atom. The third-order valence-corrected chi connectivity index (χ3v) is 3.97. The van der Waals surface area contributed by atoms with Crippen molar-refractivity contribution in [2.45, 2.75) is 45.7 Å². The van der Waals surface area contributed by atoms with Gasteiger partial charge in [-0.15, -0.1) is 0 Å². The number of aromatic nitrogens is 1. The minimum Gasteiger partial charge on any atom is -0.315 e. The number of pyridine rings is 1. The fourth-order valence-corrected chi connectivity index (χ4v) is 2.72. The van der Waals surface area contributed by atoms with Crippen LogP contribution in [0.2, 0.25) is 0 Å². The first-order valence-corrected chi connectivity index (χ1v) is 6.87. The molecule has 1 aromatic rings. The van der Waals surface area contributed by atoms with Crippen molar-refractivity contribution in [3.63, 3.8) is 0 Å². The molecular weight excluding hydrogens is 222 g/mol. The molecule has 1 aromatic heterocycles. The van der Waals surface area contributed by atoms with Gasteiger partial charge in [-0.2, -0.15) is 0 Å². The van der Waals surface area contributed by atoms with Crippen LogP contribution in [0.25, 0.3) is 0 Å². The standard InChI is InChI=1S/C15H27N3/c1-6-18(7-2)15(3,4)14(16-5)12-13-8-10-17-11-9-13/h8-11,14,16H,6-7,12H2,1-5H3. The van der Waals surface area contributed by atoms with Crippen molar-refractivity contribution in [3.05, 3.63) is 30.1 Å². The number of rotatable bonds is 7. The monoisotopic (exact) mass is 249 g/mol. The average molecular weight is 249 g/mol. The van der Waals surface area contributed by atoms with Crippen molar-refractivity contribution >= 4 is 0 Å². The summed E-state index contributed by atoms with van der Waals surface area (Å²) in [5, 5.41) is 3.48. The van der Waals surface area contributed by atoms with Crippen molar-refractivity contribution < 1.29 is 0 Å². The van der Waals surface area contributed by atoms with Crippen LogP contribution in [-0.4, -0.2) is 41.6 Å². The summed E-state index contributed by atoms with van der Waals surface area (Å²) in [5.41, 5.74) is 1.48. The molecule has 18 heavy (non-hydrogen) atoms. The van der Waals surface area contributed by atoms with Crippen molar-refractivity contribution in [2.75, 3.05) is 20.1 Å². The lowest BCUT2D eigenvalue weighted by Gasteiger charge is -2.43. The van der Waals surface area contributed by atoms with E-state index < -0.39 is 0 Å². The molecule has 1 N–H and O–H groups in total. The van der Waals surface area contributed by atoms with Gasteiger partial charge < -0.3 is 5.32 Å². The molecule has 0 radical (unpaired) electrons. The molecule has 1 atom stereocenters. The first-order valence-electron chi connectivity index (χ1n) is 6.87. The van der Waals surface area contributed by atoms with Gasteiger partial charge in [0.05, 0.1) is 0 Å². The molecule has 0 aliphatic heterocycles. The minimum absolute atomic E-state index is 0.140. The maximum Gasteiger partial charge on any atom is 0.0309 e. The molecule has 1 unspecified atom stereocenters. The van der Waals surface area contributed by atoms with E-state index in [2.05, 4.69) is 62.1 Å². The van der Waals surface area contributed by atoms with Crippen molar-refractivity contribution in [1.82, 2.24) is 15.2 Å². The van der Waals surface area contributed by atoms with E-state index in [9.17, 15) is 0 Å². The number of hydrogen-bond donors (Lipinski definition) is 1. The second-order valence-electron chi connectivity index (χ2n) is 5.23. The Balaban J connectivity index is 2.82. The summed E-state index contributed by atoms with van der Waals surface area (Å²) in [4.78, 5) is 6.59. The number of hydrogen-bond acceptors (Lipinski definition) is 3. The number of likely N-dealkylation sites (N-methyl/N-ethyl adjacent to an activating group) is 2. The van der Waals surface area contributed by atoms with Crippen LogP contribution in [0.3, 0.4) is 0 Å². The smallest absolute Gasteiger partial charge is 0.0309 e. The summed E-state index contributed by atoms with van der Waals surface area (Å²) in [6, 6.07) is 4.63. The van der Waals surface area contributed by atoms with E-state index >= 15 is 0 Å². The Morgan fingerprint density at radius 2 is 1.78 bits per heavy atom. The van der Waals surface area contributed by atoms with Crippen LogP contribution in [0.15, 0.2) is 24.5 Å². The van der Waals surface area contributed by atoms with Gasteiger partial charge in [0.2, 0.25) is 0 Å². The second kappa shape index (κ2) is 6.86. The van der Waals surface area contributed by atoms with Crippen molar-refractivity contribution in [2.24, 2.45) is 0 Å². The van der Waals surface area contributed by atoms with E-state index in [0.717, 1.165) is 19.5 Å². The SMILES string of the molecule is CCN(CC)C(C)(C)C(Cc1ccncc1)NC. The molecule has 0 aliphatic carbocycles. The van der Waals surface area contributed by atoms with Gasteiger partial charge >= 0.3 is 0 Å². The Labute approximate surface area is 112 Å². The van der Waals surface area contributed by atoms with E-state index in [0.29, 0.717) is 6.04 Å². The summed E-state index contributed by atoms with van der Waals surface area (Å²) < 4.78 is 0. The van der Waals surface area contributed by atoms with Crippen molar-refractivity contribution in [3.8, 4) is 0 Å². The quantitative estimate of drug-likeness (QED) is 0.804. The topological polar surface area (TPSA) is 28.2 Å². The van der Waals surface area contributed by atoms with Crippen LogP contribution < -0.4 is 5.32 Å². The van der Waals surface area contributed by atoms with Gasteiger partial charge in [-0.05, 0) is 58.1 Å². The van der Waals surface area contributed by atoms with E-state index in [4.69, 9.17) is 0 Å². The zero-order valence-electron chi connectivity index (χ0n) is 12.4. The van der Waals surface area contributed by atoms with E-state index in [1.54, 1.807) is 0 Å². The molecule has 1 rings (SSSR count). The largest absolute Gasteiger partial charge is 0.315 e. The molecule has 1 heterocycles. The Bertz CT molecular complexity index is 331. The lowest BCUT2D eigenvalue weighted by atomic mass is 9.87. The highest BCUT2D eigenvalue weighted by Gasteiger charge is 2.32. The van der Waals surface area contributed by atoms with E-state index in [1.165, 1.54) is 5.56 Å². The highest BCUT2D eigenvalue weighted by Crippen LogP contribution is 2.21. The zero-order chi connectivity index (χ0) is 13.6. The molecule has 0 fully saturated rings. The van der Waals surface area contributed by atoms with Gasteiger partial charge in [-0.1, -0.05) is 13.8 Å². The van der Waals surface area contributed by atoms with Gasteiger partial charge in [0.1, 0.15) is 0 Å². The first-order chi connectivity index (χ1) is 8.56. The molecular formula is C15H27N3. The first kappa shape index (κ1) is 15.1. The number of nitrogens with one attached hydrogen (secondary N) is 1. The predicted molar refractivity (Wildman–Crippen MR) is 77.8 cm³/mol. The summed E-state index contributed by atoms with van der Waals surface area (Å²) in [5.74, 6) is 0. The summed E-state index contributed by atoms with van der Waals surface area (Å²) in [6.07, 6.45) is 4.77. The molecule has 0 aromatic carbocycles. The fourth-order valence-electron chi connectivity index (χ4n) is 2.72. The van der Waals surface area contributed by atoms with Crippen LogP contribution in [0.4, 0.5) is 0 Å². The van der Waals surface area contributed by atoms with Crippen LogP contribution in [-0.2, 0) is 6.42 Å². The predicted octanol–water partition coefficient (Wildman–Crippen LogP) is 2.33. The Hall–Kier alpha value is -0.930. The normalized spacial score (nSPS) is 13.9. The maximum atomic E-state index is 4.08. The Kier molecular flexibility index (Phi) is 5.76. The van der Waals surface area contributed by atoms with Crippen molar-refractivity contribution in [1.29, 1.82) is 0 Å². The third-order valence-electron chi connectivity index (χ3n) is 3.97. The highest BCUT2D eigenvalue weighted by atomic mass is 15.2. The molecule has 3 heteroatoms. The average Bonchev–Trinajstić information content (AvgIpc) is 2.38. The molecule has 0 amide bonds. The van der Waals surface area contributed by atoms with Gasteiger partial charge in [0.25, 0.3) is 0 Å². The minimum atomic E-state index is 0.140. The van der Waals surface area contributed by atoms with Crippen LogP contribution >= 0.6 is 0 Å². The third kappa shape index (κ3) is 3.53. The van der Waals surface area contributed by atoms with Crippen LogP contribution in [0.1, 0.15) is 33.3 Å². The summed E-state index contributed by atoms with van der Waals surface area (Å²) >= 11 is 0. The molecule has 0 saturated carbocycles. The van der Waals surface area contributed by atoms with E-state index in [1.807, 2.05) is 12.4 Å². The molecule has 0 aliphatic rings. The van der Waals surface area contributed by atoms with Crippen LogP contribution in [0, 0.1) is 0 Å². The molecule has 102 valence electrons. The maximum absolute atomic E-state index is 4.08. The highest BCUT2D eigenvalue weighted by molar-refractivity contribution is 5.13. The van der Waals surface area contributed by atoms with Gasteiger partial charge in [0.15, 0.2) is 0 Å². The summed E-state index contributed by atoms with van der Waals surface area (Å²) in [6.45, 7) is 11.3. The molecule has 0 saturated heterocycles. The zero-order valence-corrected chi connectivity index (χ0v) is 12.4. The molecule has 3 nitrogen and oxygen atoms in total. The molecule has 0 spiro atoms. The summed E-state index contributed by atoms with van der Waals surface area (Å²) in [7, 11) is 2.05. The molecule has 0 bridgehead atoms. The Morgan fingerprint density at radius 1 is 1.22 bits per heavy atom.